The zero-order valence-electron chi connectivity index (χ0n) is 17.7. The van der Waals surface area contributed by atoms with Crippen molar-refractivity contribution in [1.29, 1.82) is 0 Å². The van der Waals surface area contributed by atoms with E-state index in [-0.39, 0.29) is 24.3 Å². The number of nitrogens with one attached hydrogen (secondary N) is 1. The first-order chi connectivity index (χ1) is 13.9. The molecule has 0 aliphatic rings. The van der Waals surface area contributed by atoms with Crippen LogP contribution in [-0.4, -0.2) is 28.8 Å². The third kappa shape index (κ3) is 6.14. The minimum Gasteiger partial charge on any atom is -0.352 e. The molecule has 0 radical (unpaired) electrons. The molecule has 0 heterocycles. The van der Waals surface area contributed by atoms with Crippen molar-refractivity contribution in [1.82, 2.24) is 10.2 Å². The molecule has 5 heteroatoms. The SMILES string of the molecule is CCC(C)NC(=O)C(CC)N(Cc1ccccc1C)C(=O)Cc1ccccc1F. The number of hydrogen-bond acceptors (Lipinski definition) is 2. The van der Waals surface area contributed by atoms with E-state index < -0.39 is 11.9 Å². The van der Waals surface area contributed by atoms with E-state index in [1.807, 2.05) is 52.0 Å². The van der Waals surface area contributed by atoms with Gasteiger partial charge in [-0.25, -0.2) is 4.39 Å². The highest BCUT2D eigenvalue weighted by Gasteiger charge is 2.29. The molecule has 0 fully saturated rings. The zero-order chi connectivity index (χ0) is 21.4. The molecule has 29 heavy (non-hydrogen) atoms. The molecule has 0 aromatic heterocycles. The highest BCUT2D eigenvalue weighted by Crippen LogP contribution is 2.18. The van der Waals surface area contributed by atoms with Gasteiger partial charge in [0, 0.05) is 12.6 Å². The predicted octanol–water partition coefficient (Wildman–Crippen LogP) is 4.40. The van der Waals surface area contributed by atoms with Crippen molar-refractivity contribution in [3.05, 3.63) is 71.0 Å². The Hall–Kier alpha value is -2.69. The smallest absolute Gasteiger partial charge is 0.243 e. The maximum Gasteiger partial charge on any atom is 0.243 e. The number of aryl methyl sites for hydroxylation is 1. The molecule has 1 N–H and O–H groups in total. The van der Waals surface area contributed by atoms with E-state index in [2.05, 4.69) is 5.32 Å². The van der Waals surface area contributed by atoms with Crippen molar-refractivity contribution in [2.45, 2.75) is 65.6 Å². The molecule has 2 rings (SSSR count). The second-order valence-corrected chi connectivity index (χ2v) is 7.46. The van der Waals surface area contributed by atoms with Crippen LogP contribution in [0.1, 0.15) is 50.3 Å². The van der Waals surface area contributed by atoms with Gasteiger partial charge in [0.1, 0.15) is 11.9 Å². The number of benzene rings is 2. The number of carbonyl (C=O) groups is 2. The molecule has 0 aliphatic carbocycles. The lowest BCUT2D eigenvalue weighted by Crippen LogP contribution is -2.51. The van der Waals surface area contributed by atoms with Gasteiger partial charge >= 0.3 is 0 Å². The summed E-state index contributed by atoms with van der Waals surface area (Å²) in [6.45, 7) is 8.13. The van der Waals surface area contributed by atoms with Crippen LogP contribution in [0, 0.1) is 12.7 Å². The van der Waals surface area contributed by atoms with E-state index in [4.69, 9.17) is 0 Å². The van der Waals surface area contributed by atoms with Crippen LogP contribution in [0.15, 0.2) is 48.5 Å². The minimum absolute atomic E-state index is 0.0264. The number of halogens is 1. The Bertz CT molecular complexity index is 837. The van der Waals surface area contributed by atoms with Crippen molar-refractivity contribution >= 4 is 11.8 Å². The molecule has 0 saturated heterocycles. The molecule has 0 aliphatic heterocycles. The van der Waals surface area contributed by atoms with Crippen LogP contribution in [0.3, 0.4) is 0 Å². The first-order valence-corrected chi connectivity index (χ1v) is 10.2. The number of hydrogen-bond donors (Lipinski definition) is 1. The molecule has 2 atom stereocenters. The molecule has 2 aromatic rings. The first-order valence-electron chi connectivity index (χ1n) is 10.2. The first kappa shape index (κ1) is 22.6. The molecule has 4 nitrogen and oxygen atoms in total. The quantitative estimate of drug-likeness (QED) is 0.681. The number of carbonyl (C=O) groups excluding carboxylic acids is 2. The van der Waals surface area contributed by atoms with Crippen molar-refractivity contribution in [3.8, 4) is 0 Å². The fraction of sp³-hybridized carbons (Fsp3) is 0.417. The van der Waals surface area contributed by atoms with Crippen LogP contribution in [0.4, 0.5) is 4.39 Å². The summed E-state index contributed by atoms with van der Waals surface area (Å²) >= 11 is 0. The summed E-state index contributed by atoms with van der Waals surface area (Å²) in [7, 11) is 0. The lowest BCUT2D eigenvalue weighted by atomic mass is 10.0. The van der Waals surface area contributed by atoms with Gasteiger partial charge in [0.25, 0.3) is 0 Å². The van der Waals surface area contributed by atoms with Crippen molar-refractivity contribution in [2.75, 3.05) is 0 Å². The van der Waals surface area contributed by atoms with Gasteiger partial charge in [-0.3, -0.25) is 9.59 Å². The summed E-state index contributed by atoms with van der Waals surface area (Å²) in [5.41, 5.74) is 2.36. The summed E-state index contributed by atoms with van der Waals surface area (Å²) in [5.74, 6) is -0.837. The molecule has 156 valence electrons. The van der Waals surface area contributed by atoms with E-state index in [0.717, 1.165) is 17.5 Å². The second-order valence-electron chi connectivity index (χ2n) is 7.46. The number of amides is 2. The Labute approximate surface area is 173 Å². The Balaban J connectivity index is 2.33. The molecule has 2 unspecified atom stereocenters. The Morgan fingerprint density at radius 3 is 2.21 bits per heavy atom. The molecule has 0 spiro atoms. The van der Waals surface area contributed by atoms with Crippen LogP contribution in [0.25, 0.3) is 0 Å². The van der Waals surface area contributed by atoms with Crippen molar-refractivity contribution < 1.29 is 14.0 Å². The van der Waals surface area contributed by atoms with Gasteiger partial charge in [-0.1, -0.05) is 56.3 Å². The van der Waals surface area contributed by atoms with E-state index in [1.54, 1.807) is 23.1 Å². The van der Waals surface area contributed by atoms with E-state index in [9.17, 15) is 14.0 Å². The van der Waals surface area contributed by atoms with Gasteiger partial charge in [0.2, 0.25) is 11.8 Å². The molecule has 0 bridgehead atoms. The summed E-state index contributed by atoms with van der Waals surface area (Å²) in [4.78, 5) is 27.7. The normalized spacial score (nSPS) is 12.9. The van der Waals surface area contributed by atoms with Gasteiger partial charge in [-0.2, -0.15) is 0 Å². The lowest BCUT2D eigenvalue weighted by Gasteiger charge is -2.32. The minimum atomic E-state index is -0.608. The summed E-state index contributed by atoms with van der Waals surface area (Å²) in [6.07, 6.45) is 1.21. The van der Waals surface area contributed by atoms with E-state index in [0.29, 0.717) is 18.5 Å². The third-order valence-corrected chi connectivity index (χ3v) is 5.29. The Morgan fingerprint density at radius 1 is 1.00 bits per heavy atom. The van der Waals surface area contributed by atoms with Gasteiger partial charge < -0.3 is 10.2 Å². The number of nitrogens with zero attached hydrogens (tertiary/aromatic N) is 1. The van der Waals surface area contributed by atoms with E-state index >= 15 is 0 Å². The fourth-order valence-corrected chi connectivity index (χ4v) is 3.24. The topological polar surface area (TPSA) is 49.4 Å². The standard InChI is InChI=1S/C24H31FN2O2/c1-5-18(4)26-24(29)22(6-2)27(16-20-13-8-7-11-17(20)3)23(28)15-19-12-9-10-14-21(19)25/h7-14,18,22H,5-6,15-16H2,1-4H3,(H,26,29). The van der Waals surface area contributed by atoms with Gasteiger partial charge in [0.05, 0.1) is 6.42 Å². The average molecular weight is 399 g/mol. The van der Waals surface area contributed by atoms with Gasteiger partial charge in [-0.15, -0.1) is 0 Å². The zero-order valence-corrected chi connectivity index (χ0v) is 17.7. The molecular formula is C24H31FN2O2. The van der Waals surface area contributed by atoms with Gasteiger partial charge in [-0.05, 0) is 49.4 Å². The maximum absolute atomic E-state index is 14.1. The van der Waals surface area contributed by atoms with Crippen LogP contribution in [0.5, 0.6) is 0 Å². The molecule has 2 aromatic carbocycles. The van der Waals surface area contributed by atoms with Crippen LogP contribution in [-0.2, 0) is 22.6 Å². The molecule has 0 saturated carbocycles. The van der Waals surface area contributed by atoms with Crippen LogP contribution < -0.4 is 5.32 Å². The second kappa shape index (κ2) is 10.7. The largest absolute Gasteiger partial charge is 0.352 e. The molecule has 2 amide bonds. The van der Waals surface area contributed by atoms with Crippen LogP contribution in [0.2, 0.25) is 0 Å². The van der Waals surface area contributed by atoms with Crippen LogP contribution >= 0.6 is 0 Å². The monoisotopic (exact) mass is 398 g/mol. The summed E-state index contributed by atoms with van der Waals surface area (Å²) in [5, 5.41) is 2.98. The highest BCUT2D eigenvalue weighted by molar-refractivity contribution is 5.88. The maximum atomic E-state index is 14.1. The highest BCUT2D eigenvalue weighted by atomic mass is 19.1. The summed E-state index contributed by atoms with van der Waals surface area (Å²) < 4.78 is 14.1. The van der Waals surface area contributed by atoms with Crippen molar-refractivity contribution in [3.63, 3.8) is 0 Å². The number of rotatable bonds is 9. The van der Waals surface area contributed by atoms with Crippen molar-refractivity contribution in [2.24, 2.45) is 0 Å². The summed E-state index contributed by atoms with van der Waals surface area (Å²) in [6, 6.07) is 13.5. The predicted molar refractivity (Wildman–Crippen MR) is 114 cm³/mol. The lowest BCUT2D eigenvalue weighted by molar-refractivity contribution is -0.141. The average Bonchev–Trinajstić information content (AvgIpc) is 2.70. The molecular weight excluding hydrogens is 367 g/mol. The van der Waals surface area contributed by atoms with E-state index in [1.165, 1.54) is 6.07 Å². The third-order valence-electron chi connectivity index (χ3n) is 5.29. The Kier molecular flexibility index (Phi) is 8.37. The van der Waals surface area contributed by atoms with Gasteiger partial charge in [0.15, 0.2) is 0 Å². The fourth-order valence-electron chi connectivity index (χ4n) is 3.24. The Morgan fingerprint density at radius 2 is 1.62 bits per heavy atom.